The van der Waals surface area contributed by atoms with E-state index in [9.17, 15) is 14.4 Å². The second kappa shape index (κ2) is 9.86. The summed E-state index contributed by atoms with van der Waals surface area (Å²) in [5.74, 6) is -0.201. The molecule has 42 heavy (non-hydrogen) atoms. The Balaban J connectivity index is 1.21. The van der Waals surface area contributed by atoms with Gasteiger partial charge in [-0.1, -0.05) is 71.0 Å². The number of imide groups is 1. The number of fused-ring (bicyclic) bond motifs is 9. The topological polar surface area (TPSA) is 79.5 Å². The van der Waals surface area contributed by atoms with Crippen molar-refractivity contribution in [3.8, 4) is 5.75 Å². The summed E-state index contributed by atoms with van der Waals surface area (Å²) in [5, 5.41) is 1.55. The zero-order chi connectivity index (χ0) is 28.7. The lowest BCUT2D eigenvalue weighted by atomic mass is 9.68. The summed E-state index contributed by atoms with van der Waals surface area (Å²) in [6, 6.07) is 23.2. The minimum atomic E-state index is -0.361. The first kappa shape index (κ1) is 26.3. The molecular weight excluding hydrogens is 588 g/mol. The highest BCUT2D eigenvalue weighted by Gasteiger charge is 2.69. The van der Waals surface area contributed by atoms with Gasteiger partial charge in [-0.3, -0.25) is 19.3 Å². The Labute approximate surface area is 256 Å². The molecule has 4 aromatic rings. The maximum absolute atomic E-state index is 14.0. The first-order chi connectivity index (χ1) is 20.4. The summed E-state index contributed by atoms with van der Waals surface area (Å²) < 4.78 is 6.46. The smallest absolute Gasteiger partial charge is 0.305 e. The van der Waals surface area contributed by atoms with Crippen molar-refractivity contribution in [1.29, 1.82) is 0 Å². The van der Waals surface area contributed by atoms with Crippen LogP contribution in [0.25, 0.3) is 0 Å². The lowest BCUT2D eigenvalue weighted by molar-refractivity contribution is -0.123. The molecule has 2 bridgehead atoms. The van der Waals surface area contributed by atoms with Crippen molar-refractivity contribution in [1.82, 2.24) is 4.98 Å². The van der Waals surface area contributed by atoms with Crippen molar-refractivity contribution < 1.29 is 14.3 Å². The number of aromatic amines is 1. The Morgan fingerprint density at radius 2 is 1.74 bits per heavy atom. The predicted octanol–water partition coefficient (Wildman–Crippen LogP) is 6.66. The summed E-state index contributed by atoms with van der Waals surface area (Å²) in [6.45, 7) is 2.46. The first-order valence-corrected chi connectivity index (χ1v) is 16.3. The van der Waals surface area contributed by atoms with Crippen LogP contribution >= 0.6 is 34.7 Å². The molecule has 4 aliphatic rings. The second-order valence-electron chi connectivity index (χ2n) is 11.8. The highest BCUT2D eigenvalue weighted by atomic mass is 35.5. The molecule has 9 heteroatoms. The summed E-state index contributed by atoms with van der Waals surface area (Å²) in [6.07, 6.45) is 0.827. The Bertz CT molecular complexity index is 1800. The van der Waals surface area contributed by atoms with E-state index in [2.05, 4.69) is 24.0 Å². The number of anilines is 1. The number of para-hydroxylation sites is 1. The molecule has 2 amide bonds. The molecule has 6 unspecified atom stereocenters. The van der Waals surface area contributed by atoms with Crippen molar-refractivity contribution in [2.45, 2.75) is 36.1 Å². The summed E-state index contributed by atoms with van der Waals surface area (Å²) >= 11 is 9.53. The number of H-pyrrole nitrogens is 1. The van der Waals surface area contributed by atoms with Crippen LogP contribution in [0.3, 0.4) is 0 Å². The van der Waals surface area contributed by atoms with Crippen molar-refractivity contribution in [2.75, 3.05) is 4.90 Å². The van der Waals surface area contributed by atoms with E-state index >= 15 is 0 Å². The van der Waals surface area contributed by atoms with Crippen molar-refractivity contribution in [3.05, 3.63) is 109 Å². The van der Waals surface area contributed by atoms with Crippen LogP contribution in [0.1, 0.15) is 33.9 Å². The maximum atomic E-state index is 14.0. The molecule has 2 saturated carbocycles. The van der Waals surface area contributed by atoms with E-state index in [4.69, 9.17) is 16.3 Å². The minimum Gasteiger partial charge on any atom is -0.489 e. The van der Waals surface area contributed by atoms with Gasteiger partial charge in [-0.05, 0) is 67.0 Å². The van der Waals surface area contributed by atoms with E-state index in [0.717, 1.165) is 38.8 Å². The van der Waals surface area contributed by atoms with Gasteiger partial charge in [-0.15, -0.1) is 11.8 Å². The van der Waals surface area contributed by atoms with E-state index < -0.39 is 0 Å². The summed E-state index contributed by atoms with van der Waals surface area (Å²) in [5.41, 5.74) is 3.80. The van der Waals surface area contributed by atoms with E-state index in [1.165, 1.54) is 16.2 Å². The number of thiazole rings is 1. The standard InChI is InChI=1S/C33H27ClN2O4S2/c1-16-6-5-7-17(12-16)15-40-23-11-10-18(34)13-20(23)24-25-21-14-22(28(25)41-30-29(24)42-33(39)35-30)27-26(21)31(37)36(32(27)38)19-8-3-2-4-9-19/h2-13,21-22,24-28H,14-15H2,1H3,(H,35,39)/t21?,22?,24-,25?,26?,27?,28?/m1/s1. The van der Waals surface area contributed by atoms with Crippen LogP contribution in [0.2, 0.25) is 5.02 Å². The van der Waals surface area contributed by atoms with Gasteiger partial charge in [0.25, 0.3) is 0 Å². The largest absolute Gasteiger partial charge is 0.489 e. The number of benzene rings is 3. The lowest BCUT2D eigenvalue weighted by Crippen LogP contribution is -2.42. The van der Waals surface area contributed by atoms with E-state index in [0.29, 0.717) is 17.3 Å². The Morgan fingerprint density at radius 1 is 0.952 bits per heavy atom. The van der Waals surface area contributed by atoms with Crippen LogP contribution in [-0.2, 0) is 16.2 Å². The average Bonchev–Trinajstić information content (AvgIpc) is 3.71. The number of thioether (sulfide) groups is 1. The second-order valence-corrected chi connectivity index (χ2v) is 14.4. The number of carbonyl (C=O) groups is 2. The van der Waals surface area contributed by atoms with Gasteiger partial charge in [0, 0.05) is 26.6 Å². The normalized spacial score (nSPS) is 29.0. The average molecular weight is 615 g/mol. The van der Waals surface area contributed by atoms with Gasteiger partial charge in [0.2, 0.25) is 11.8 Å². The fourth-order valence-electron chi connectivity index (χ4n) is 8.05. The number of aryl methyl sites for hydroxylation is 1. The van der Waals surface area contributed by atoms with Gasteiger partial charge in [-0.2, -0.15) is 0 Å². The third kappa shape index (κ3) is 3.95. The molecule has 3 aromatic carbocycles. The summed E-state index contributed by atoms with van der Waals surface area (Å²) in [4.78, 5) is 45.8. The molecular formula is C33H27ClN2O4S2. The number of nitrogens with zero attached hydrogens (tertiary/aromatic N) is 1. The van der Waals surface area contributed by atoms with E-state index in [1.54, 1.807) is 11.8 Å². The Morgan fingerprint density at radius 3 is 2.52 bits per heavy atom. The Kier molecular flexibility index (Phi) is 6.18. The SMILES string of the molecule is Cc1cccc(COc2ccc(Cl)cc2[C@H]2c3sc(=O)[nH]c3SC3C4CC(C5C(=O)N(c6ccccc6)C(=O)C45)C32)c1. The molecule has 1 N–H and O–H groups in total. The highest BCUT2D eigenvalue weighted by molar-refractivity contribution is 8.00. The number of ether oxygens (including phenoxy) is 1. The lowest BCUT2D eigenvalue weighted by Gasteiger charge is -2.43. The molecule has 7 atom stereocenters. The highest BCUT2D eigenvalue weighted by Crippen LogP contribution is 2.69. The van der Waals surface area contributed by atoms with Gasteiger partial charge < -0.3 is 9.72 Å². The number of hydrogen-bond acceptors (Lipinski definition) is 6. The number of carbonyl (C=O) groups excluding carboxylic acids is 2. The molecule has 3 fully saturated rings. The van der Waals surface area contributed by atoms with Gasteiger partial charge in [0.15, 0.2) is 0 Å². The van der Waals surface area contributed by atoms with Crippen LogP contribution in [0.5, 0.6) is 5.75 Å². The van der Waals surface area contributed by atoms with Gasteiger partial charge in [-0.25, -0.2) is 0 Å². The molecule has 0 spiro atoms. The number of nitrogens with one attached hydrogen (secondary N) is 1. The third-order valence-corrected chi connectivity index (χ3v) is 12.3. The molecule has 0 radical (unpaired) electrons. The molecule has 8 rings (SSSR count). The van der Waals surface area contributed by atoms with Crippen LogP contribution in [0.15, 0.2) is 82.6 Å². The van der Waals surface area contributed by atoms with Gasteiger partial charge in [0.05, 0.1) is 22.5 Å². The zero-order valence-electron chi connectivity index (χ0n) is 22.7. The van der Waals surface area contributed by atoms with E-state index in [-0.39, 0.29) is 57.4 Å². The van der Waals surface area contributed by atoms with Crippen LogP contribution in [0.4, 0.5) is 5.69 Å². The number of rotatable bonds is 5. The molecule has 2 aliphatic heterocycles. The zero-order valence-corrected chi connectivity index (χ0v) is 25.0. The maximum Gasteiger partial charge on any atom is 0.305 e. The van der Waals surface area contributed by atoms with Crippen LogP contribution < -0.4 is 14.5 Å². The van der Waals surface area contributed by atoms with Crippen molar-refractivity contribution in [3.63, 3.8) is 0 Å². The predicted molar refractivity (Wildman–Crippen MR) is 164 cm³/mol. The number of hydrogen-bond donors (Lipinski definition) is 1. The minimum absolute atomic E-state index is 0.0154. The fourth-order valence-corrected chi connectivity index (χ4v) is 11.1. The summed E-state index contributed by atoms with van der Waals surface area (Å²) in [7, 11) is 0. The van der Waals surface area contributed by atoms with Crippen LogP contribution in [0, 0.1) is 36.5 Å². The van der Waals surface area contributed by atoms with Gasteiger partial charge >= 0.3 is 4.87 Å². The molecule has 6 nitrogen and oxygen atoms in total. The molecule has 3 heterocycles. The Hall–Kier alpha value is -3.33. The quantitative estimate of drug-likeness (QED) is 0.255. The molecule has 1 aromatic heterocycles. The monoisotopic (exact) mass is 614 g/mol. The van der Waals surface area contributed by atoms with Gasteiger partial charge in [0.1, 0.15) is 12.4 Å². The van der Waals surface area contributed by atoms with Crippen LogP contribution in [-0.4, -0.2) is 22.0 Å². The number of amides is 2. The van der Waals surface area contributed by atoms with Crippen molar-refractivity contribution in [2.24, 2.45) is 29.6 Å². The molecule has 2 aliphatic carbocycles. The number of aromatic nitrogens is 1. The molecule has 1 saturated heterocycles. The third-order valence-electron chi connectivity index (χ3n) is 9.52. The fraction of sp³-hybridized carbons (Fsp3) is 0.303. The first-order valence-electron chi connectivity index (χ1n) is 14.2. The van der Waals surface area contributed by atoms with E-state index in [1.807, 2.05) is 60.7 Å². The van der Waals surface area contributed by atoms with Crippen molar-refractivity contribution >= 4 is 52.2 Å². The number of halogens is 1. The molecule has 212 valence electrons.